The highest BCUT2D eigenvalue weighted by atomic mass is 16.1. The maximum atomic E-state index is 12.8. The zero-order valence-corrected chi connectivity index (χ0v) is 15.8. The van der Waals surface area contributed by atoms with Crippen LogP contribution in [-0.4, -0.2) is 42.5 Å². The van der Waals surface area contributed by atoms with Crippen molar-refractivity contribution in [3.05, 3.63) is 0 Å². The first-order valence-electron chi connectivity index (χ1n) is 11.0. The van der Waals surface area contributed by atoms with Crippen LogP contribution >= 0.6 is 0 Å². The van der Waals surface area contributed by atoms with Gasteiger partial charge in [-0.05, 0) is 69.1 Å². The average molecular weight is 348 g/mol. The van der Waals surface area contributed by atoms with Crippen LogP contribution < -0.4 is 11.1 Å². The summed E-state index contributed by atoms with van der Waals surface area (Å²) in [5.41, 5.74) is 6.38. The molecule has 2 atom stereocenters. The van der Waals surface area contributed by atoms with Gasteiger partial charge in [0, 0.05) is 37.6 Å². The van der Waals surface area contributed by atoms with Gasteiger partial charge in [0.25, 0.3) is 0 Å². The third-order valence-corrected chi connectivity index (χ3v) is 7.71. The summed E-state index contributed by atoms with van der Waals surface area (Å²) < 4.78 is 0. The van der Waals surface area contributed by atoms with Gasteiger partial charge in [0.05, 0.1) is 0 Å². The second-order valence-corrected chi connectivity index (χ2v) is 9.43. The van der Waals surface area contributed by atoms with Crippen molar-refractivity contribution in [1.82, 2.24) is 10.2 Å². The van der Waals surface area contributed by atoms with Crippen molar-refractivity contribution in [2.24, 2.45) is 29.4 Å². The zero-order chi connectivity index (χ0) is 17.2. The van der Waals surface area contributed by atoms with Gasteiger partial charge in [0.2, 0.25) is 5.91 Å². The molecule has 3 N–H and O–H groups in total. The first-order chi connectivity index (χ1) is 12.2. The van der Waals surface area contributed by atoms with Crippen molar-refractivity contribution in [3.8, 4) is 0 Å². The van der Waals surface area contributed by atoms with Crippen molar-refractivity contribution >= 4 is 5.91 Å². The van der Waals surface area contributed by atoms with E-state index in [0.717, 1.165) is 31.6 Å². The number of piperidine rings is 1. The number of nitrogens with one attached hydrogen (secondary N) is 1. The van der Waals surface area contributed by atoms with Crippen LogP contribution in [0.25, 0.3) is 0 Å². The van der Waals surface area contributed by atoms with Crippen LogP contribution in [0.2, 0.25) is 0 Å². The van der Waals surface area contributed by atoms with Crippen molar-refractivity contribution in [2.75, 3.05) is 19.6 Å². The van der Waals surface area contributed by atoms with E-state index in [2.05, 4.69) is 10.2 Å². The molecule has 0 radical (unpaired) electrons. The molecule has 0 aromatic heterocycles. The normalized spacial score (nSPS) is 38.0. The van der Waals surface area contributed by atoms with Gasteiger partial charge in [-0.25, -0.2) is 0 Å². The van der Waals surface area contributed by atoms with Crippen LogP contribution in [0.3, 0.4) is 0 Å². The van der Waals surface area contributed by atoms with Gasteiger partial charge in [-0.1, -0.05) is 19.3 Å². The molecule has 2 unspecified atom stereocenters. The van der Waals surface area contributed by atoms with E-state index >= 15 is 0 Å². The molecule has 1 saturated heterocycles. The molecule has 25 heavy (non-hydrogen) atoms. The lowest BCUT2D eigenvalue weighted by molar-refractivity contribution is -0.129. The molecule has 4 nitrogen and oxygen atoms in total. The minimum Gasteiger partial charge on any atom is -0.353 e. The SMILES string of the molecule is NC1C2CCCC1CC(C(=O)NC1CCN(CC3CCCC3)CC1)C2. The molecule has 0 aromatic rings. The lowest BCUT2D eigenvalue weighted by Gasteiger charge is -2.44. The van der Waals surface area contributed by atoms with Crippen LogP contribution in [0, 0.1) is 23.7 Å². The summed E-state index contributed by atoms with van der Waals surface area (Å²) in [5, 5.41) is 3.40. The van der Waals surface area contributed by atoms with Crippen LogP contribution in [0.1, 0.15) is 70.6 Å². The van der Waals surface area contributed by atoms with E-state index < -0.39 is 0 Å². The lowest BCUT2D eigenvalue weighted by Crippen LogP contribution is -2.51. The lowest BCUT2D eigenvalue weighted by atomic mass is 9.65. The summed E-state index contributed by atoms with van der Waals surface area (Å²) in [7, 11) is 0. The molecule has 4 heteroatoms. The topological polar surface area (TPSA) is 58.4 Å². The first kappa shape index (κ1) is 17.8. The monoisotopic (exact) mass is 347 g/mol. The molecule has 1 heterocycles. The molecule has 0 aromatic carbocycles. The molecule has 1 amide bonds. The van der Waals surface area contributed by atoms with E-state index in [1.165, 1.54) is 64.6 Å². The number of rotatable bonds is 4. The largest absolute Gasteiger partial charge is 0.353 e. The van der Waals surface area contributed by atoms with Gasteiger partial charge in [-0.15, -0.1) is 0 Å². The van der Waals surface area contributed by atoms with Crippen molar-refractivity contribution in [3.63, 3.8) is 0 Å². The summed E-state index contributed by atoms with van der Waals surface area (Å²) in [6.07, 6.45) is 13.9. The molecule has 0 spiro atoms. The van der Waals surface area contributed by atoms with Gasteiger partial charge >= 0.3 is 0 Å². The second-order valence-electron chi connectivity index (χ2n) is 9.43. The van der Waals surface area contributed by atoms with Crippen molar-refractivity contribution < 1.29 is 4.79 Å². The third-order valence-electron chi connectivity index (χ3n) is 7.71. The number of nitrogens with two attached hydrogens (primary N) is 1. The molecule has 4 rings (SSSR count). The highest BCUT2D eigenvalue weighted by Crippen LogP contribution is 2.42. The molecule has 3 aliphatic carbocycles. The Kier molecular flexibility index (Phi) is 5.66. The van der Waals surface area contributed by atoms with E-state index in [1.54, 1.807) is 0 Å². The van der Waals surface area contributed by atoms with E-state index in [4.69, 9.17) is 5.73 Å². The predicted molar refractivity (Wildman–Crippen MR) is 101 cm³/mol. The molecule has 1 aliphatic heterocycles. The number of carbonyl (C=O) groups excluding carboxylic acids is 1. The standard InChI is InChI=1S/C21H37N3O/c22-20-16-6-3-7-17(20)13-18(12-16)21(25)23-19-8-10-24(11-9-19)14-15-4-1-2-5-15/h15-20H,1-14,22H2,(H,23,25). The number of amides is 1. The number of hydrogen-bond acceptors (Lipinski definition) is 3. The third kappa shape index (κ3) is 4.21. The fraction of sp³-hybridized carbons (Fsp3) is 0.952. The fourth-order valence-electron chi connectivity index (χ4n) is 6.14. The Morgan fingerprint density at radius 2 is 1.56 bits per heavy atom. The molecule has 142 valence electrons. The number of carbonyl (C=O) groups is 1. The van der Waals surface area contributed by atoms with Gasteiger partial charge in [0.1, 0.15) is 0 Å². The Morgan fingerprint density at radius 1 is 0.920 bits per heavy atom. The van der Waals surface area contributed by atoms with Crippen LogP contribution in [0.4, 0.5) is 0 Å². The number of nitrogens with zero attached hydrogens (tertiary/aromatic N) is 1. The Hall–Kier alpha value is -0.610. The summed E-state index contributed by atoms with van der Waals surface area (Å²) in [5.74, 6) is 2.69. The first-order valence-corrected chi connectivity index (χ1v) is 11.0. The van der Waals surface area contributed by atoms with Crippen LogP contribution in [0.5, 0.6) is 0 Å². The Bertz CT molecular complexity index is 440. The molecule has 4 aliphatic rings. The van der Waals surface area contributed by atoms with E-state index in [-0.39, 0.29) is 5.92 Å². The summed E-state index contributed by atoms with van der Waals surface area (Å²) >= 11 is 0. The average Bonchev–Trinajstić information content (AvgIpc) is 3.09. The predicted octanol–water partition coefficient (Wildman–Crippen LogP) is 2.91. The van der Waals surface area contributed by atoms with Crippen molar-refractivity contribution in [1.29, 1.82) is 0 Å². The van der Waals surface area contributed by atoms with Gasteiger partial charge in [-0.2, -0.15) is 0 Å². The summed E-state index contributed by atoms with van der Waals surface area (Å²) in [4.78, 5) is 15.4. The maximum Gasteiger partial charge on any atom is 0.223 e. The zero-order valence-electron chi connectivity index (χ0n) is 15.8. The summed E-state index contributed by atoms with van der Waals surface area (Å²) in [6, 6.07) is 0.763. The van der Waals surface area contributed by atoms with E-state index in [1.807, 2.05) is 0 Å². The van der Waals surface area contributed by atoms with E-state index in [0.29, 0.717) is 29.8 Å². The quantitative estimate of drug-likeness (QED) is 0.822. The fourth-order valence-corrected chi connectivity index (χ4v) is 6.14. The van der Waals surface area contributed by atoms with Gasteiger partial charge in [-0.3, -0.25) is 4.79 Å². The molecule has 4 fully saturated rings. The van der Waals surface area contributed by atoms with Gasteiger partial charge in [0.15, 0.2) is 0 Å². The maximum absolute atomic E-state index is 12.8. The van der Waals surface area contributed by atoms with Crippen molar-refractivity contribution in [2.45, 2.75) is 82.7 Å². The molecular formula is C21H37N3O. The highest BCUT2D eigenvalue weighted by Gasteiger charge is 2.40. The number of likely N-dealkylation sites (tertiary alicyclic amines) is 1. The van der Waals surface area contributed by atoms with E-state index in [9.17, 15) is 4.79 Å². The number of fused-ring (bicyclic) bond motifs is 2. The van der Waals surface area contributed by atoms with Crippen LogP contribution in [0.15, 0.2) is 0 Å². The minimum absolute atomic E-state index is 0.228. The molecular weight excluding hydrogens is 310 g/mol. The second kappa shape index (κ2) is 7.96. The summed E-state index contributed by atoms with van der Waals surface area (Å²) in [6.45, 7) is 3.63. The Labute approximate surface area is 153 Å². The Balaban J connectivity index is 1.21. The minimum atomic E-state index is 0.228. The number of hydrogen-bond donors (Lipinski definition) is 2. The van der Waals surface area contributed by atoms with Gasteiger partial charge < -0.3 is 16.0 Å². The smallest absolute Gasteiger partial charge is 0.223 e. The highest BCUT2D eigenvalue weighted by molar-refractivity contribution is 5.79. The van der Waals surface area contributed by atoms with Crippen LogP contribution in [-0.2, 0) is 4.79 Å². The molecule has 2 bridgehead atoms. The molecule has 3 saturated carbocycles. The Morgan fingerprint density at radius 3 is 2.20 bits per heavy atom.